The van der Waals surface area contributed by atoms with Gasteiger partial charge in [0.25, 0.3) is 0 Å². The van der Waals surface area contributed by atoms with Crippen molar-refractivity contribution < 1.29 is 19.5 Å². The van der Waals surface area contributed by atoms with Gasteiger partial charge in [0, 0.05) is 0 Å². The molecule has 0 nitrogen and oxygen atoms in total. The third kappa shape index (κ3) is 9.91. The number of thiol groups is 1. The largest absolute Gasteiger partial charge is 2.00 e. The monoisotopic (exact) mass is 774 g/mol. The molecule has 0 aromatic heterocycles. The molecule has 0 saturated carbocycles. The number of rotatable bonds is 9. The molecule has 236 valence electrons. The zero-order chi connectivity index (χ0) is 31.0. The van der Waals surface area contributed by atoms with Crippen molar-refractivity contribution in [2.45, 2.75) is 89.0 Å². The predicted octanol–water partition coefficient (Wildman–Crippen LogP) is 9.64. The molecule has 0 aliphatic carbocycles. The predicted molar refractivity (Wildman–Crippen MR) is 205 cm³/mol. The molecule has 0 heterocycles. The molecule has 4 heteroatoms. The summed E-state index contributed by atoms with van der Waals surface area (Å²) in [5.41, 5.74) is 17.0. The first-order valence-electron chi connectivity index (χ1n) is 16.1. The Morgan fingerprint density at radius 3 is 1.16 bits per heavy atom. The molecule has 0 saturated heterocycles. The third-order valence-corrected chi connectivity index (χ3v) is 15.2. The van der Waals surface area contributed by atoms with Crippen LogP contribution in [0.25, 0.3) is 22.3 Å². The molecule has 0 fully saturated rings. The molecule has 0 aliphatic rings. The normalized spacial score (nSPS) is 10.5. The van der Waals surface area contributed by atoms with E-state index < -0.39 is 15.4 Å². The molecule has 0 N–H and O–H groups in total. The summed E-state index contributed by atoms with van der Waals surface area (Å²) in [4.78, 5) is 0. The van der Waals surface area contributed by atoms with Crippen molar-refractivity contribution >= 4 is 45.6 Å². The van der Waals surface area contributed by atoms with Gasteiger partial charge in [-0.25, -0.2) is 0 Å². The standard InChI is InChI=1S/C34H38Ge.C6H15P.Ru.H2S/c1-9-27-13-11-14-28(10-2)33(27)35-34-29(31-23(5)17-21(3)18-24(31)6)15-12-16-30(34)32-25(7)19-22(4)20-26(32)8;1-4-7(5-2)6-3;;/h11-20H,9-10H2,1-8H3;4-6H2,1-3H3;;1H2/q;;+2;. The van der Waals surface area contributed by atoms with Crippen molar-refractivity contribution in [3.05, 3.63) is 105 Å². The fourth-order valence-corrected chi connectivity index (χ4v) is 11.8. The van der Waals surface area contributed by atoms with Gasteiger partial charge in [-0.2, -0.15) is 0 Å². The second kappa shape index (κ2) is 19.5. The number of hydrogen-bond donors (Lipinski definition) is 0. The van der Waals surface area contributed by atoms with Gasteiger partial charge in [0.1, 0.15) is 0 Å². The molecule has 0 aliphatic heterocycles. The Morgan fingerprint density at radius 2 is 0.864 bits per heavy atom. The first kappa shape index (κ1) is 40.8. The minimum atomic E-state index is -0.573. The Balaban J connectivity index is 0.000000965. The molecular weight excluding hydrogens is 717 g/mol. The van der Waals surface area contributed by atoms with Crippen LogP contribution in [0.15, 0.2) is 60.7 Å². The topological polar surface area (TPSA) is 0 Å². The van der Waals surface area contributed by atoms with Gasteiger partial charge in [-0.15, -0.1) is 0 Å². The second-order valence-electron chi connectivity index (χ2n) is 11.9. The Hall–Kier alpha value is -1.17. The summed E-state index contributed by atoms with van der Waals surface area (Å²) in [6.07, 6.45) is 6.55. The molecule has 0 bridgehead atoms. The van der Waals surface area contributed by atoms with Crippen LogP contribution in [0.5, 0.6) is 0 Å². The van der Waals surface area contributed by atoms with E-state index in [4.69, 9.17) is 0 Å². The summed E-state index contributed by atoms with van der Waals surface area (Å²) in [6, 6.07) is 23.4. The summed E-state index contributed by atoms with van der Waals surface area (Å²) >= 11 is -0.573. The van der Waals surface area contributed by atoms with Crippen LogP contribution in [0.2, 0.25) is 0 Å². The van der Waals surface area contributed by atoms with Crippen LogP contribution in [-0.2, 0) is 45.8 Å². The van der Waals surface area contributed by atoms with Crippen LogP contribution in [-0.4, -0.2) is 33.9 Å². The van der Waals surface area contributed by atoms with E-state index in [1.54, 1.807) is 8.79 Å². The van der Waals surface area contributed by atoms with E-state index in [1.807, 2.05) is 0 Å². The van der Waals surface area contributed by atoms with Crippen LogP contribution in [0.3, 0.4) is 0 Å². The third-order valence-electron chi connectivity index (χ3n) is 8.71. The maximum absolute atomic E-state index is 2.38. The number of aryl methyl sites for hydroxylation is 8. The average Bonchev–Trinajstić information content (AvgIpc) is 2.94. The minimum absolute atomic E-state index is 0. The van der Waals surface area contributed by atoms with E-state index in [9.17, 15) is 0 Å². The Labute approximate surface area is 298 Å². The Bertz CT molecular complexity index is 1360. The summed E-state index contributed by atoms with van der Waals surface area (Å²) in [7, 11) is 0.137. The fraction of sp³-hybridized carbons (Fsp3) is 0.400. The minimum Gasteiger partial charge on any atom is -0.813 e. The quantitative estimate of drug-likeness (QED) is 0.0708. The Kier molecular flexibility index (Phi) is 18.1. The van der Waals surface area contributed by atoms with Crippen molar-refractivity contribution in [1.82, 2.24) is 0 Å². The van der Waals surface area contributed by atoms with Crippen molar-refractivity contribution in [2.75, 3.05) is 18.5 Å². The van der Waals surface area contributed by atoms with Gasteiger partial charge >= 0.3 is 239 Å². The van der Waals surface area contributed by atoms with Crippen LogP contribution in [0, 0.1) is 41.5 Å². The van der Waals surface area contributed by atoms with E-state index in [1.165, 1.54) is 85.2 Å². The average molecular weight is 773 g/mol. The van der Waals surface area contributed by atoms with Gasteiger partial charge in [-0.3, -0.25) is 0 Å². The molecule has 0 amide bonds. The van der Waals surface area contributed by atoms with E-state index in [2.05, 4.69) is 137 Å². The Morgan fingerprint density at radius 1 is 0.523 bits per heavy atom. The number of hydrogen-bond acceptors (Lipinski definition) is 1. The molecule has 2 radical (unpaired) electrons. The maximum Gasteiger partial charge on any atom is 2.00 e. The molecular formula is C40H55GePRuS+2. The van der Waals surface area contributed by atoms with E-state index in [0.29, 0.717) is 0 Å². The van der Waals surface area contributed by atoms with Crippen LogP contribution in [0.1, 0.15) is 79.1 Å². The first-order valence-corrected chi connectivity index (χ1v) is 20.3. The van der Waals surface area contributed by atoms with Gasteiger partial charge in [-0.05, 0) is 28.7 Å². The van der Waals surface area contributed by atoms with Crippen molar-refractivity contribution in [3.8, 4) is 22.3 Å². The zero-order valence-corrected chi connectivity index (χ0v) is 34.8. The molecule has 44 heavy (non-hydrogen) atoms. The van der Waals surface area contributed by atoms with Gasteiger partial charge < -0.3 is 13.5 Å². The first-order chi connectivity index (χ1) is 20.1. The molecule has 4 aromatic carbocycles. The smallest absolute Gasteiger partial charge is 0.813 e. The zero-order valence-electron chi connectivity index (χ0n) is 29.1. The van der Waals surface area contributed by atoms with Gasteiger partial charge in [0.2, 0.25) is 0 Å². The van der Waals surface area contributed by atoms with Crippen molar-refractivity contribution in [1.29, 1.82) is 0 Å². The SMILES string of the molecule is CC[PH+](CC)CC.CCc1cccc(CC)[c]1[Ge][c]1c(-c2c(C)cc(C)cc2C)cccc1-c1c(C)cc(C)cc1C.[Ru+2].[SH-]. The van der Waals surface area contributed by atoms with E-state index in [-0.39, 0.29) is 40.9 Å². The van der Waals surface area contributed by atoms with Gasteiger partial charge in [0.15, 0.2) is 0 Å². The molecule has 4 rings (SSSR count). The fourth-order valence-electron chi connectivity index (χ4n) is 6.59. The summed E-state index contributed by atoms with van der Waals surface area (Å²) in [5, 5.41) is 0. The summed E-state index contributed by atoms with van der Waals surface area (Å²) in [6.45, 7) is 25.1. The van der Waals surface area contributed by atoms with Crippen LogP contribution in [0.4, 0.5) is 0 Å². The summed E-state index contributed by atoms with van der Waals surface area (Å²) < 4.78 is 3.21. The van der Waals surface area contributed by atoms with Crippen molar-refractivity contribution in [2.24, 2.45) is 0 Å². The van der Waals surface area contributed by atoms with E-state index >= 15 is 0 Å². The van der Waals surface area contributed by atoms with Gasteiger partial charge in [-0.1, -0.05) is 0 Å². The maximum atomic E-state index is 2.38. The van der Waals surface area contributed by atoms with E-state index in [0.717, 1.165) is 12.8 Å². The molecule has 0 unspecified atom stereocenters. The molecule has 0 spiro atoms. The number of benzene rings is 4. The molecule has 4 aromatic rings. The van der Waals surface area contributed by atoms with Gasteiger partial charge in [0.05, 0.1) is 18.5 Å². The van der Waals surface area contributed by atoms with Crippen LogP contribution < -0.4 is 8.79 Å². The molecule has 0 atom stereocenters. The van der Waals surface area contributed by atoms with Crippen molar-refractivity contribution in [3.63, 3.8) is 0 Å². The van der Waals surface area contributed by atoms with Crippen LogP contribution >= 0.6 is 7.92 Å². The summed E-state index contributed by atoms with van der Waals surface area (Å²) in [5.74, 6) is 0. The second-order valence-corrected chi connectivity index (χ2v) is 18.1.